The second-order valence-electron chi connectivity index (χ2n) is 6.21. The first-order chi connectivity index (χ1) is 12.9. The molecule has 0 aromatic heterocycles. The van der Waals surface area contributed by atoms with Crippen molar-refractivity contribution in [2.24, 2.45) is 0 Å². The average molecular weight is 380 g/mol. The van der Waals surface area contributed by atoms with E-state index in [1.165, 1.54) is 33.4 Å². The maximum atomic E-state index is 2.19. The van der Waals surface area contributed by atoms with Gasteiger partial charge in [0.2, 0.25) is 0 Å². The largest absolute Gasteiger partial charge is 1.00 e. The molecule has 0 aliphatic heterocycles. The van der Waals surface area contributed by atoms with Gasteiger partial charge in [-0.3, -0.25) is 0 Å². The van der Waals surface area contributed by atoms with E-state index in [0.717, 1.165) is 0 Å². The summed E-state index contributed by atoms with van der Waals surface area (Å²) in [6.45, 7) is 0. The van der Waals surface area contributed by atoms with Crippen LogP contribution in [0.1, 0.15) is 25.1 Å². The van der Waals surface area contributed by atoms with E-state index in [1.54, 1.807) is 0 Å². The molecule has 0 saturated heterocycles. The minimum absolute atomic E-state index is 0. The Morgan fingerprint density at radius 1 is 0.321 bits per heavy atom. The number of hydrogen-bond donors (Lipinski definition) is 0. The molecule has 0 aliphatic carbocycles. The normalized spacial score (nSPS) is 9.57. The smallest absolute Gasteiger partial charge is 1.00 e. The fraction of sp³-hybridized carbons (Fsp3) is 0. The summed E-state index contributed by atoms with van der Waals surface area (Å²) in [4.78, 5) is 0. The van der Waals surface area contributed by atoms with Crippen LogP contribution in [-0.2, 0) is 0 Å². The van der Waals surface area contributed by atoms with E-state index in [4.69, 9.17) is 0 Å². The maximum Gasteiger partial charge on any atom is 1.00 e. The zero-order valence-corrected chi connectivity index (χ0v) is 20.5. The van der Waals surface area contributed by atoms with Crippen molar-refractivity contribution < 1.29 is 62.0 Å². The van der Waals surface area contributed by atoms with E-state index in [0.29, 0.717) is 0 Å². The van der Waals surface area contributed by atoms with Crippen molar-refractivity contribution in [2.75, 3.05) is 0 Å². The Morgan fingerprint density at radius 3 is 0.679 bits per heavy atom. The molecule has 28 heavy (non-hydrogen) atoms. The Kier molecular flexibility index (Phi) is 9.47. The van der Waals surface area contributed by atoms with Gasteiger partial charge < -0.3 is 2.85 Å². The van der Waals surface area contributed by atoms with Gasteiger partial charge in [-0.05, 0) is 33.4 Å². The maximum absolute atomic E-state index is 2.19. The summed E-state index contributed by atoms with van der Waals surface area (Å²) in [5, 5.41) is 0. The first-order valence-corrected chi connectivity index (χ1v) is 8.89. The topological polar surface area (TPSA) is 0 Å². The molecule has 0 nitrogen and oxygen atoms in total. The summed E-state index contributed by atoms with van der Waals surface area (Å²) in [7, 11) is 0. The van der Waals surface area contributed by atoms with Crippen molar-refractivity contribution in [1.29, 1.82) is 0 Å². The molecule has 4 aromatic rings. The van der Waals surface area contributed by atoms with Crippen LogP contribution in [0.4, 0.5) is 0 Å². The first-order valence-electron chi connectivity index (χ1n) is 8.89. The third-order valence-electron chi connectivity index (χ3n) is 4.50. The fourth-order valence-electron chi connectivity index (χ4n) is 3.33. The number of benzene rings is 4. The molecule has 2 heteroatoms. The van der Waals surface area contributed by atoms with Crippen LogP contribution in [0.5, 0.6) is 0 Å². The van der Waals surface area contributed by atoms with Crippen LogP contribution < -0.4 is 59.1 Å². The first kappa shape index (κ1) is 22.9. The predicted molar refractivity (Wildman–Crippen MR) is 113 cm³/mol. The summed E-state index contributed by atoms with van der Waals surface area (Å²) in [6, 6.07) is 42.6. The van der Waals surface area contributed by atoms with Gasteiger partial charge in [0.25, 0.3) is 0 Å². The molecule has 128 valence electrons. The second-order valence-corrected chi connectivity index (χ2v) is 6.21. The molecule has 0 heterocycles. The quantitative estimate of drug-likeness (QED) is 0.365. The van der Waals surface area contributed by atoms with Crippen LogP contribution in [0.25, 0.3) is 11.1 Å². The van der Waals surface area contributed by atoms with Crippen LogP contribution in [0.15, 0.2) is 121 Å². The predicted octanol–water partition coefficient (Wildman–Crippen LogP) is 0.927. The van der Waals surface area contributed by atoms with Gasteiger partial charge in [-0.15, -0.1) is 0 Å². The van der Waals surface area contributed by atoms with Gasteiger partial charge >= 0.3 is 59.1 Å². The fourth-order valence-corrected chi connectivity index (χ4v) is 3.33. The Morgan fingerprint density at radius 2 is 0.500 bits per heavy atom. The van der Waals surface area contributed by atoms with Crippen molar-refractivity contribution in [3.63, 3.8) is 0 Å². The minimum atomic E-state index is 0. The van der Waals surface area contributed by atoms with Crippen molar-refractivity contribution in [2.45, 2.75) is 0 Å². The summed E-state index contributed by atoms with van der Waals surface area (Å²) in [6.07, 6.45) is 0. The van der Waals surface area contributed by atoms with Crippen molar-refractivity contribution >= 4 is 11.1 Å². The molecule has 0 unspecified atom stereocenters. The van der Waals surface area contributed by atoms with E-state index in [2.05, 4.69) is 121 Å². The van der Waals surface area contributed by atoms with Gasteiger partial charge in [-0.1, -0.05) is 121 Å². The van der Waals surface area contributed by atoms with E-state index in [-0.39, 0.29) is 62.0 Å². The molecule has 4 aromatic carbocycles. The molecule has 4 rings (SSSR count). The zero-order chi connectivity index (χ0) is 17.6. The van der Waals surface area contributed by atoms with Crippen LogP contribution in [0.3, 0.4) is 0 Å². The molecular formula is C26H22Na2. The van der Waals surface area contributed by atoms with Gasteiger partial charge in [-0.2, -0.15) is 0 Å². The Hall–Kier alpha value is -1.38. The number of rotatable bonds is 4. The SMILES string of the molecule is [H-].[H-].[Na+].[Na+].c1ccc(C(=C(c2ccccc2)c2ccccc2)c2ccccc2)cc1. The molecule has 0 saturated carbocycles. The molecule has 0 amide bonds. The third-order valence-corrected chi connectivity index (χ3v) is 4.50. The standard InChI is InChI=1S/C26H20.2Na.2H/c1-5-13-21(14-6-1)25(22-15-7-2-8-16-22)26(23-17-9-3-10-18-23)24-19-11-4-12-20-24;;;;/h1-20H;;;;/q;2*+1;2*-1. The van der Waals surface area contributed by atoms with Gasteiger partial charge in [0.15, 0.2) is 0 Å². The molecule has 0 atom stereocenters. The van der Waals surface area contributed by atoms with Crippen molar-refractivity contribution in [1.82, 2.24) is 0 Å². The molecule has 0 spiro atoms. The Labute approximate surface area is 214 Å². The average Bonchev–Trinajstić information content (AvgIpc) is 2.74. The van der Waals surface area contributed by atoms with Crippen LogP contribution in [-0.4, -0.2) is 0 Å². The molecular weight excluding hydrogens is 358 g/mol. The van der Waals surface area contributed by atoms with Crippen LogP contribution in [0.2, 0.25) is 0 Å². The van der Waals surface area contributed by atoms with Crippen molar-refractivity contribution in [3.8, 4) is 0 Å². The summed E-state index contributed by atoms with van der Waals surface area (Å²) >= 11 is 0. The second kappa shape index (κ2) is 11.6. The van der Waals surface area contributed by atoms with Crippen LogP contribution in [0, 0.1) is 0 Å². The van der Waals surface area contributed by atoms with E-state index in [1.807, 2.05) is 0 Å². The van der Waals surface area contributed by atoms with E-state index < -0.39 is 0 Å². The summed E-state index contributed by atoms with van der Waals surface area (Å²) in [5.74, 6) is 0. The minimum Gasteiger partial charge on any atom is -1.00 e. The Bertz CT molecular complexity index is 836. The molecule has 0 aliphatic rings. The Balaban J connectivity index is 0.00000210. The third kappa shape index (κ3) is 5.36. The monoisotopic (exact) mass is 380 g/mol. The molecule has 0 fully saturated rings. The summed E-state index contributed by atoms with van der Waals surface area (Å²) < 4.78 is 0. The van der Waals surface area contributed by atoms with Gasteiger partial charge in [0.05, 0.1) is 0 Å². The van der Waals surface area contributed by atoms with Crippen molar-refractivity contribution in [3.05, 3.63) is 144 Å². The number of hydrogen-bond acceptors (Lipinski definition) is 0. The van der Waals surface area contributed by atoms with E-state index in [9.17, 15) is 0 Å². The van der Waals surface area contributed by atoms with Crippen LogP contribution >= 0.6 is 0 Å². The zero-order valence-electron chi connectivity index (χ0n) is 18.5. The molecule has 0 radical (unpaired) electrons. The van der Waals surface area contributed by atoms with Gasteiger partial charge in [0.1, 0.15) is 0 Å². The van der Waals surface area contributed by atoms with Gasteiger partial charge in [0, 0.05) is 0 Å². The molecule has 0 N–H and O–H groups in total. The summed E-state index contributed by atoms with van der Waals surface area (Å²) in [5.41, 5.74) is 7.40. The molecule has 0 bridgehead atoms. The van der Waals surface area contributed by atoms with Gasteiger partial charge in [-0.25, -0.2) is 0 Å². The van der Waals surface area contributed by atoms with E-state index >= 15 is 0 Å².